The number of methoxy groups -OCH3 is 1. The van der Waals surface area contributed by atoms with Crippen LogP contribution in [-0.4, -0.2) is 22.9 Å². The summed E-state index contributed by atoms with van der Waals surface area (Å²) in [5.41, 5.74) is 1.69. The van der Waals surface area contributed by atoms with E-state index >= 15 is 0 Å². The second-order valence-electron chi connectivity index (χ2n) is 5.03. The number of aromatic nitrogens is 1. The molecule has 1 amide bonds. The number of hydrogen-bond donors (Lipinski definition) is 1. The van der Waals surface area contributed by atoms with Gasteiger partial charge in [0.15, 0.2) is 5.13 Å². The number of nitrogens with one attached hydrogen (secondary N) is 1. The van der Waals surface area contributed by atoms with Crippen molar-refractivity contribution < 1.29 is 14.5 Å². The lowest BCUT2D eigenvalue weighted by Crippen LogP contribution is -2.11. The number of nitro groups is 1. The van der Waals surface area contributed by atoms with E-state index in [9.17, 15) is 14.9 Å². The molecule has 0 saturated carbocycles. The minimum Gasteiger partial charge on any atom is -0.497 e. The van der Waals surface area contributed by atoms with Gasteiger partial charge in [0.05, 0.1) is 17.7 Å². The maximum absolute atomic E-state index is 12.2. The average Bonchev–Trinajstić information content (AvgIpc) is 3.10. The van der Waals surface area contributed by atoms with Crippen molar-refractivity contribution in [3.8, 4) is 17.0 Å². The van der Waals surface area contributed by atoms with Crippen LogP contribution in [0.4, 0.5) is 10.8 Å². The van der Waals surface area contributed by atoms with E-state index in [1.165, 1.54) is 35.6 Å². The summed E-state index contributed by atoms with van der Waals surface area (Å²) in [7, 11) is 1.60. The van der Waals surface area contributed by atoms with Gasteiger partial charge in [-0.15, -0.1) is 11.3 Å². The Hall–Kier alpha value is -3.26. The van der Waals surface area contributed by atoms with Gasteiger partial charge in [-0.25, -0.2) is 4.98 Å². The van der Waals surface area contributed by atoms with Crippen LogP contribution >= 0.6 is 11.3 Å². The van der Waals surface area contributed by atoms with Gasteiger partial charge in [-0.05, 0) is 30.3 Å². The zero-order valence-electron chi connectivity index (χ0n) is 13.1. The maximum atomic E-state index is 12.2. The number of nitro benzene ring substituents is 1. The molecule has 2 aromatic carbocycles. The lowest BCUT2D eigenvalue weighted by molar-refractivity contribution is -0.384. The monoisotopic (exact) mass is 355 g/mol. The van der Waals surface area contributed by atoms with Gasteiger partial charge < -0.3 is 4.74 Å². The van der Waals surface area contributed by atoms with Crippen molar-refractivity contribution in [3.63, 3.8) is 0 Å². The smallest absolute Gasteiger partial charge is 0.270 e. The van der Waals surface area contributed by atoms with Crippen molar-refractivity contribution >= 4 is 28.1 Å². The van der Waals surface area contributed by atoms with Crippen molar-refractivity contribution in [2.45, 2.75) is 0 Å². The summed E-state index contributed by atoms with van der Waals surface area (Å²) in [6.07, 6.45) is 0. The largest absolute Gasteiger partial charge is 0.497 e. The number of anilines is 1. The molecule has 0 spiro atoms. The summed E-state index contributed by atoms with van der Waals surface area (Å²) in [6, 6.07) is 13.0. The molecule has 0 aliphatic rings. The number of benzene rings is 2. The lowest BCUT2D eigenvalue weighted by atomic mass is 10.2. The molecule has 8 heteroatoms. The Morgan fingerprint density at radius 3 is 2.68 bits per heavy atom. The highest BCUT2D eigenvalue weighted by atomic mass is 32.1. The number of nitrogens with zero attached hydrogens (tertiary/aromatic N) is 2. The molecule has 3 aromatic rings. The molecule has 1 aromatic heterocycles. The van der Waals surface area contributed by atoms with Gasteiger partial charge in [-0.1, -0.05) is 6.07 Å². The molecule has 0 atom stereocenters. The number of amides is 1. The molecule has 0 bridgehead atoms. The van der Waals surface area contributed by atoms with Crippen LogP contribution < -0.4 is 10.1 Å². The molecule has 0 radical (unpaired) electrons. The van der Waals surface area contributed by atoms with Crippen LogP contribution in [-0.2, 0) is 0 Å². The van der Waals surface area contributed by atoms with Crippen LogP contribution in [0.5, 0.6) is 5.75 Å². The number of non-ortho nitro benzene ring substituents is 1. The van der Waals surface area contributed by atoms with Gasteiger partial charge in [0.25, 0.3) is 11.6 Å². The molecule has 0 fully saturated rings. The fourth-order valence-corrected chi connectivity index (χ4v) is 2.87. The summed E-state index contributed by atoms with van der Waals surface area (Å²) in [4.78, 5) is 26.9. The van der Waals surface area contributed by atoms with E-state index in [0.29, 0.717) is 5.13 Å². The number of carbonyl (C=O) groups is 1. The Balaban J connectivity index is 1.75. The molecule has 1 N–H and O–H groups in total. The van der Waals surface area contributed by atoms with E-state index in [1.807, 2.05) is 29.6 Å². The van der Waals surface area contributed by atoms with E-state index < -0.39 is 10.8 Å². The first-order valence-corrected chi connectivity index (χ1v) is 8.10. The molecular formula is C17H13N3O4S. The Bertz CT molecular complexity index is 922. The minimum atomic E-state index is -0.540. The third-order valence-corrected chi connectivity index (χ3v) is 4.19. The highest BCUT2D eigenvalue weighted by molar-refractivity contribution is 7.14. The third-order valence-electron chi connectivity index (χ3n) is 3.43. The molecule has 0 saturated heterocycles. The van der Waals surface area contributed by atoms with Crippen molar-refractivity contribution in [2.24, 2.45) is 0 Å². The number of hydrogen-bond acceptors (Lipinski definition) is 6. The quantitative estimate of drug-likeness (QED) is 0.552. The first-order chi connectivity index (χ1) is 12.1. The second-order valence-corrected chi connectivity index (χ2v) is 5.89. The van der Waals surface area contributed by atoms with Gasteiger partial charge >= 0.3 is 0 Å². The Morgan fingerprint density at radius 2 is 2.00 bits per heavy atom. The molecule has 7 nitrogen and oxygen atoms in total. The van der Waals surface area contributed by atoms with Crippen LogP contribution in [0.3, 0.4) is 0 Å². The van der Waals surface area contributed by atoms with Gasteiger partial charge in [0.1, 0.15) is 5.75 Å². The fraction of sp³-hybridized carbons (Fsp3) is 0.0588. The predicted octanol–water partition coefficient (Wildman–Crippen LogP) is 3.98. The van der Waals surface area contributed by atoms with Gasteiger partial charge in [-0.3, -0.25) is 20.2 Å². The van der Waals surface area contributed by atoms with Gasteiger partial charge in [0, 0.05) is 28.6 Å². The zero-order valence-corrected chi connectivity index (χ0v) is 13.9. The first-order valence-electron chi connectivity index (χ1n) is 7.22. The third kappa shape index (κ3) is 3.81. The van der Waals surface area contributed by atoms with Crippen LogP contribution in [0.2, 0.25) is 0 Å². The van der Waals surface area contributed by atoms with Crippen LogP contribution in [0.15, 0.2) is 53.9 Å². The van der Waals surface area contributed by atoms with Crippen molar-refractivity contribution in [1.82, 2.24) is 4.98 Å². The van der Waals surface area contributed by atoms with E-state index in [0.717, 1.165) is 17.0 Å². The van der Waals surface area contributed by atoms with Crippen molar-refractivity contribution in [3.05, 3.63) is 69.6 Å². The van der Waals surface area contributed by atoms with Gasteiger partial charge in [0.2, 0.25) is 0 Å². The Labute approximate surface area is 147 Å². The average molecular weight is 355 g/mol. The topological polar surface area (TPSA) is 94.4 Å². The summed E-state index contributed by atoms with van der Waals surface area (Å²) < 4.78 is 5.12. The molecule has 25 heavy (non-hydrogen) atoms. The molecule has 3 rings (SSSR count). The number of carbonyl (C=O) groups excluding carboxylic acids is 1. The molecule has 0 aliphatic heterocycles. The highest BCUT2D eigenvalue weighted by Crippen LogP contribution is 2.27. The number of rotatable bonds is 5. The molecular weight excluding hydrogens is 342 g/mol. The normalized spacial score (nSPS) is 10.3. The van der Waals surface area contributed by atoms with Crippen LogP contribution in [0.1, 0.15) is 10.4 Å². The van der Waals surface area contributed by atoms with Crippen LogP contribution in [0, 0.1) is 10.1 Å². The summed E-state index contributed by atoms with van der Waals surface area (Å²) in [5, 5.41) is 15.7. The van der Waals surface area contributed by atoms with E-state index in [4.69, 9.17) is 4.74 Å². The predicted molar refractivity (Wildman–Crippen MR) is 95.2 cm³/mol. The molecule has 126 valence electrons. The highest BCUT2D eigenvalue weighted by Gasteiger charge is 2.13. The number of ether oxygens (including phenoxy) is 1. The number of thiazole rings is 1. The molecule has 0 aliphatic carbocycles. The Kier molecular flexibility index (Phi) is 4.71. The summed E-state index contributed by atoms with van der Waals surface area (Å²) in [5.74, 6) is 0.303. The van der Waals surface area contributed by atoms with E-state index in [2.05, 4.69) is 10.3 Å². The fourth-order valence-electron chi connectivity index (χ4n) is 2.16. The standard InChI is InChI=1S/C17H13N3O4S/c1-24-14-7-5-11(6-8-14)15-10-25-17(18-15)19-16(21)12-3-2-4-13(9-12)20(22)23/h2-10H,1H3,(H,18,19,21). The molecule has 0 unspecified atom stereocenters. The second kappa shape index (κ2) is 7.10. The summed E-state index contributed by atoms with van der Waals surface area (Å²) in [6.45, 7) is 0. The molecule has 1 heterocycles. The van der Waals surface area contributed by atoms with E-state index in [-0.39, 0.29) is 11.3 Å². The summed E-state index contributed by atoms with van der Waals surface area (Å²) >= 11 is 1.28. The SMILES string of the molecule is COc1ccc(-c2csc(NC(=O)c3cccc([N+](=O)[O-])c3)n2)cc1. The van der Waals surface area contributed by atoms with Crippen LogP contribution in [0.25, 0.3) is 11.3 Å². The zero-order chi connectivity index (χ0) is 17.8. The van der Waals surface area contributed by atoms with Gasteiger partial charge in [-0.2, -0.15) is 0 Å². The Morgan fingerprint density at radius 1 is 1.24 bits per heavy atom. The van der Waals surface area contributed by atoms with Crippen molar-refractivity contribution in [1.29, 1.82) is 0 Å². The lowest BCUT2D eigenvalue weighted by Gasteiger charge is -2.02. The maximum Gasteiger partial charge on any atom is 0.270 e. The minimum absolute atomic E-state index is 0.134. The first kappa shape index (κ1) is 16.6. The van der Waals surface area contributed by atoms with E-state index in [1.54, 1.807) is 7.11 Å². The van der Waals surface area contributed by atoms with Crippen molar-refractivity contribution in [2.75, 3.05) is 12.4 Å².